The van der Waals surface area contributed by atoms with Gasteiger partial charge in [-0.25, -0.2) is 14.8 Å². The van der Waals surface area contributed by atoms with Crippen LogP contribution in [0, 0.1) is 6.92 Å². The minimum atomic E-state index is -0.853. The number of H-pyrrole nitrogens is 1. The van der Waals surface area contributed by atoms with E-state index in [1.807, 2.05) is 6.92 Å². The summed E-state index contributed by atoms with van der Waals surface area (Å²) in [5.74, 6) is -1.54. The number of hydrogen-bond donors (Lipinski definition) is 4. The Balaban J connectivity index is 2.01. The van der Waals surface area contributed by atoms with Gasteiger partial charge in [0.25, 0.3) is 11.5 Å². The number of benzene rings is 2. The molecule has 1 amide bonds. The van der Waals surface area contributed by atoms with Crippen LogP contribution < -0.4 is 16.7 Å². The first kappa shape index (κ1) is 19.6. The van der Waals surface area contributed by atoms with Crippen LogP contribution >= 0.6 is 0 Å². The Labute approximate surface area is 164 Å². The average Bonchev–Trinajstić information content (AvgIpc) is 2.67. The number of carbonyl (C=O) groups is 1. The minimum Gasteiger partial charge on any atom is -0.507 e. The fraction of sp³-hybridized carbons (Fsp3) is 0.100. The Morgan fingerprint density at radius 1 is 1.07 bits per heavy atom. The van der Waals surface area contributed by atoms with Crippen LogP contribution in [-0.4, -0.2) is 31.4 Å². The van der Waals surface area contributed by atoms with Crippen molar-refractivity contribution in [3.05, 3.63) is 86.1 Å². The lowest BCUT2D eigenvalue weighted by Gasteiger charge is -2.11. The number of rotatable bonds is 4. The lowest BCUT2D eigenvalue weighted by molar-refractivity contribution is 0.0952. The van der Waals surface area contributed by atoms with Gasteiger partial charge >= 0.3 is 5.69 Å². The molecule has 0 atom stereocenters. The summed E-state index contributed by atoms with van der Waals surface area (Å²) in [6, 6.07) is 12.6. The van der Waals surface area contributed by atoms with E-state index in [4.69, 9.17) is 0 Å². The first-order valence-electron chi connectivity index (χ1n) is 8.58. The quantitative estimate of drug-likeness (QED) is 0.392. The van der Waals surface area contributed by atoms with Crippen molar-refractivity contribution >= 4 is 11.6 Å². The number of aromatic amines is 1. The number of aromatic hydroxyl groups is 2. The standard InChI is InChI=1S/C20H18N4O5/c1-11-7-9-13(10-8-11)24-19(28)16(18(27)21-20(24)29)12(2)22-23-17(26)14-5-3-4-6-15(14)25/h3-10,25,28H,1-2H3,(H,23,26)(H,21,27,29)/b22-12+. The molecule has 3 aromatic rings. The zero-order valence-electron chi connectivity index (χ0n) is 15.6. The summed E-state index contributed by atoms with van der Waals surface area (Å²) in [6.45, 7) is 3.26. The summed E-state index contributed by atoms with van der Waals surface area (Å²) >= 11 is 0. The van der Waals surface area contributed by atoms with Crippen molar-refractivity contribution in [1.82, 2.24) is 15.0 Å². The van der Waals surface area contributed by atoms with E-state index in [0.29, 0.717) is 5.69 Å². The maximum atomic E-state index is 12.2. The molecule has 3 rings (SSSR count). The highest BCUT2D eigenvalue weighted by Crippen LogP contribution is 2.18. The SMILES string of the molecule is C/C(=N\NC(=O)c1ccccc1O)c1c(O)n(-c2ccc(C)cc2)c(=O)[nH]c1=O. The van der Waals surface area contributed by atoms with E-state index in [2.05, 4.69) is 15.5 Å². The van der Waals surface area contributed by atoms with E-state index in [-0.39, 0.29) is 22.6 Å². The molecule has 1 heterocycles. The molecule has 0 aliphatic carbocycles. The van der Waals surface area contributed by atoms with Crippen molar-refractivity contribution in [1.29, 1.82) is 0 Å². The molecule has 0 unspecified atom stereocenters. The first-order valence-corrected chi connectivity index (χ1v) is 8.58. The van der Waals surface area contributed by atoms with E-state index in [1.54, 1.807) is 36.4 Å². The van der Waals surface area contributed by atoms with Crippen molar-refractivity contribution < 1.29 is 15.0 Å². The third-order valence-corrected chi connectivity index (χ3v) is 4.21. The van der Waals surface area contributed by atoms with E-state index in [9.17, 15) is 24.6 Å². The Hall–Kier alpha value is -4.14. The molecular formula is C20H18N4O5. The van der Waals surface area contributed by atoms with Crippen molar-refractivity contribution in [2.24, 2.45) is 5.10 Å². The van der Waals surface area contributed by atoms with Gasteiger partial charge < -0.3 is 10.2 Å². The second-order valence-corrected chi connectivity index (χ2v) is 6.28. The predicted molar refractivity (Wildman–Crippen MR) is 107 cm³/mol. The van der Waals surface area contributed by atoms with Gasteiger partial charge in [-0.1, -0.05) is 29.8 Å². The Morgan fingerprint density at radius 3 is 2.38 bits per heavy atom. The average molecular weight is 394 g/mol. The number of aromatic nitrogens is 2. The van der Waals surface area contributed by atoms with Crippen LogP contribution in [0.5, 0.6) is 11.6 Å². The maximum Gasteiger partial charge on any atom is 0.335 e. The predicted octanol–water partition coefficient (Wildman–Crippen LogP) is 1.40. The number of nitrogens with one attached hydrogen (secondary N) is 2. The number of carbonyl (C=O) groups excluding carboxylic acids is 1. The zero-order chi connectivity index (χ0) is 21.1. The Bertz CT molecular complexity index is 1220. The van der Waals surface area contributed by atoms with E-state index in [1.165, 1.54) is 19.1 Å². The smallest absolute Gasteiger partial charge is 0.335 e. The van der Waals surface area contributed by atoms with E-state index >= 15 is 0 Å². The molecule has 29 heavy (non-hydrogen) atoms. The summed E-state index contributed by atoms with van der Waals surface area (Å²) in [5, 5.41) is 24.1. The summed E-state index contributed by atoms with van der Waals surface area (Å²) in [7, 11) is 0. The Kier molecular flexibility index (Phi) is 5.31. The molecular weight excluding hydrogens is 376 g/mol. The second kappa shape index (κ2) is 7.85. The fourth-order valence-corrected chi connectivity index (χ4v) is 2.70. The fourth-order valence-electron chi connectivity index (χ4n) is 2.70. The van der Waals surface area contributed by atoms with Crippen LogP contribution in [0.25, 0.3) is 5.69 Å². The third-order valence-electron chi connectivity index (χ3n) is 4.21. The number of phenolic OH excluding ortho intramolecular Hbond substituents is 1. The summed E-state index contributed by atoms with van der Waals surface area (Å²) in [4.78, 5) is 38.8. The maximum absolute atomic E-state index is 12.2. The number of hydrazone groups is 1. The highest BCUT2D eigenvalue weighted by Gasteiger charge is 2.18. The van der Waals surface area contributed by atoms with Crippen LogP contribution in [0.3, 0.4) is 0 Å². The summed E-state index contributed by atoms with van der Waals surface area (Å²) < 4.78 is 0.931. The van der Waals surface area contributed by atoms with Crippen LogP contribution in [0.4, 0.5) is 0 Å². The molecule has 0 saturated heterocycles. The van der Waals surface area contributed by atoms with Crippen molar-refractivity contribution in [3.63, 3.8) is 0 Å². The molecule has 2 aromatic carbocycles. The van der Waals surface area contributed by atoms with Gasteiger partial charge in [0, 0.05) is 0 Å². The summed E-state index contributed by atoms with van der Waals surface area (Å²) in [6.07, 6.45) is 0. The molecule has 0 fully saturated rings. The number of para-hydroxylation sites is 1. The number of aryl methyl sites for hydroxylation is 1. The topological polar surface area (TPSA) is 137 Å². The van der Waals surface area contributed by atoms with Gasteiger partial charge in [-0.2, -0.15) is 5.10 Å². The molecule has 0 aliphatic rings. The highest BCUT2D eigenvalue weighted by molar-refractivity contribution is 6.02. The van der Waals surface area contributed by atoms with Crippen LogP contribution in [-0.2, 0) is 0 Å². The number of amides is 1. The number of hydrogen-bond acceptors (Lipinski definition) is 6. The Morgan fingerprint density at radius 2 is 1.72 bits per heavy atom. The van der Waals surface area contributed by atoms with Gasteiger partial charge in [0.2, 0.25) is 5.88 Å². The molecule has 0 aliphatic heterocycles. The number of phenols is 1. The largest absolute Gasteiger partial charge is 0.507 e. The lowest BCUT2D eigenvalue weighted by atomic mass is 10.2. The molecule has 4 N–H and O–H groups in total. The van der Waals surface area contributed by atoms with Gasteiger partial charge in [0.1, 0.15) is 11.3 Å². The molecule has 1 aromatic heterocycles. The third kappa shape index (κ3) is 3.93. The molecule has 9 heteroatoms. The second-order valence-electron chi connectivity index (χ2n) is 6.28. The van der Waals surface area contributed by atoms with Gasteiger partial charge in [-0.15, -0.1) is 0 Å². The van der Waals surface area contributed by atoms with E-state index in [0.717, 1.165) is 10.1 Å². The molecule has 0 radical (unpaired) electrons. The molecule has 0 spiro atoms. The van der Waals surface area contributed by atoms with Crippen molar-refractivity contribution in [3.8, 4) is 17.3 Å². The van der Waals surface area contributed by atoms with Gasteiger partial charge in [-0.3, -0.25) is 14.6 Å². The molecule has 0 bridgehead atoms. The van der Waals surface area contributed by atoms with Crippen molar-refractivity contribution in [2.75, 3.05) is 0 Å². The molecule has 9 nitrogen and oxygen atoms in total. The normalized spacial score (nSPS) is 11.3. The van der Waals surface area contributed by atoms with Gasteiger partial charge in [0.15, 0.2) is 0 Å². The summed E-state index contributed by atoms with van der Waals surface area (Å²) in [5.41, 5.74) is 1.53. The minimum absolute atomic E-state index is 0.00759. The van der Waals surface area contributed by atoms with Gasteiger partial charge in [-0.05, 0) is 38.1 Å². The van der Waals surface area contributed by atoms with Crippen LogP contribution in [0.2, 0.25) is 0 Å². The number of nitrogens with zero attached hydrogens (tertiary/aromatic N) is 2. The first-order chi connectivity index (χ1) is 13.8. The molecule has 148 valence electrons. The van der Waals surface area contributed by atoms with Gasteiger partial charge in [0.05, 0.1) is 17.0 Å². The monoisotopic (exact) mass is 394 g/mol. The van der Waals surface area contributed by atoms with Crippen molar-refractivity contribution in [2.45, 2.75) is 13.8 Å². The zero-order valence-corrected chi connectivity index (χ0v) is 15.6. The van der Waals surface area contributed by atoms with Crippen LogP contribution in [0.1, 0.15) is 28.4 Å². The van der Waals surface area contributed by atoms with Crippen LogP contribution in [0.15, 0.2) is 63.2 Å². The molecule has 0 saturated carbocycles. The lowest BCUT2D eigenvalue weighted by Crippen LogP contribution is -2.33. The highest BCUT2D eigenvalue weighted by atomic mass is 16.3. The van der Waals surface area contributed by atoms with E-state index < -0.39 is 23.0 Å².